The van der Waals surface area contributed by atoms with Crippen molar-refractivity contribution in [2.24, 2.45) is 11.8 Å². The number of aromatic nitrogens is 4. The van der Waals surface area contributed by atoms with Crippen molar-refractivity contribution in [2.75, 3.05) is 43.5 Å². The third-order valence-corrected chi connectivity index (χ3v) is 5.39. The van der Waals surface area contributed by atoms with E-state index in [1.54, 1.807) is 18.3 Å². The van der Waals surface area contributed by atoms with Crippen molar-refractivity contribution in [3.8, 4) is 11.4 Å². The summed E-state index contributed by atoms with van der Waals surface area (Å²) in [5.74, 6) is 1.60. The zero-order valence-electron chi connectivity index (χ0n) is 16.4. The Balaban J connectivity index is 1.40. The van der Waals surface area contributed by atoms with Crippen LogP contribution in [-0.4, -0.2) is 58.7 Å². The average molecular weight is 397 g/mol. The summed E-state index contributed by atoms with van der Waals surface area (Å²) in [5.41, 5.74) is 1.33. The Labute approximate surface area is 170 Å². The minimum Gasteiger partial charge on any atom is -0.381 e. The Hall–Kier alpha value is -2.65. The van der Waals surface area contributed by atoms with Gasteiger partial charge in [-0.25, -0.2) is 19.9 Å². The van der Waals surface area contributed by atoms with Crippen LogP contribution in [0, 0.1) is 11.8 Å². The van der Waals surface area contributed by atoms with E-state index in [9.17, 15) is 4.79 Å². The normalized spacial score (nSPS) is 20.2. The number of piperidine rings is 1. The van der Waals surface area contributed by atoms with Gasteiger partial charge in [0.05, 0.1) is 17.3 Å². The molecule has 0 saturated carbocycles. The molecule has 4 rings (SSSR count). The number of rotatable bonds is 6. The molecule has 2 aliphatic rings. The summed E-state index contributed by atoms with van der Waals surface area (Å²) in [6, 6.07) is 3.55. The topological polar surface area (TPSA) is 114 Å². The predicted molar refractivity (Wildman–Crippen MR) is 109 cm³/mol. The fourth-order valence-electron chi connectivity index (χ4n) is 3.64. The summed E-state index contributed by atoms with van der Waals surface area (Å²) in [7, 11) is 0. The second-order valence-electron chi connectivity index (χ2n) is 7.52. The number of nitrogens with one attached hydrogen (secondary N) is 3. The van der Waals surface area contributed by atoms with Crippen LogP contribution in [0.3, 0.4) is 0 Å². The van der Waals surface area contributed by atoms with E-state index in [1.165, 1.54) is 6.33 Å². The van der Waals surface area contributed by atoms with Crippen LogP contribution < -0.4 is 16.0 Å². The van der Waals surface area contributed by atoms with Crippen LogP contribution >= 0.6 is 0 Å². The molecule has 0 radical (unpaired) electrons. The van der Waals surface area contributed by atoms with Gasteiger partial charge in [0.2, 0.25) is 11.9 Å². The second kappa shape index (κ2) is 9.71. The number of carbonyl (C=O) groups is 1. The third-order valence-electron chi connectivity index (χ3n) is 5.39. The molecule has 2 aliphatic heterocycles. The van der Waals surface area contributed by atoms with Crippen molar-refractivity contribution in [1.82, 2.24) is 25.3 Å². The van der Waals surface area contributed by atoms with Gasteiger partial charge in [-0.05, 0) is 44.2 Å². The Morgan fingerprint density at radius 2 is 2.07 bits per heavy atom. The van der Waals surface area contributed by atoms with E-state index in [-0.39, 0.29) is 11.8 Å². The molecule has 0 spiro atoms. The number of amides is 1. The summed E-state index contributed by atoms with van der Waals surface area (Å²) in [6.45, 7) is 4.14. The van der Waals surface area contributed by atoms with Crippen molar-refractivity contribution in [2.45, 2.75) is 25.7 Å². The van der Waals surface area contributed by atoms with Crippen LogP contribution in [0.15, 0.2) is 24.7 Å². The minimum absolute atomic E-state index is 0.0108. The first kappa shape index (κ1) is 19.7. The lowest BCUT2D eigenvalue weighted by atomic mass is 9.99. The molecule has 0 bridgehead atoms. The number of anilines is 2. The Morgan fingerprint density at radius 1 is 1.17 bits per heavy atom. The zero-order valence-corrected chi connectivity index (χ0v) is 16.4. The van der Waals surface area contributed by atoms with E-state index in [1.807, 2.05) is 0 Å². The predicted octanol–water partition coefficient (Wildman–Crippen LogP) is 1.71. The molecular formula is C20H27N7O2. The fraction of sp³-hybridized carbons (Fsp3) is 0.550. The Bertz CT molecular complexity index is 820. The minimum atomic E-state index is -0.0257. The molecule has 9 nitrogen and oxygen atoms in total. The maximum Gasteiger partial charge on any atom is 0.229 e. The van der Waals surface area contributed by atoms with Gasteiger partial charge in [-0.3, -0.25) is 4.79 Å². The fourth-order valence-corrected chi connectivity index (χ4v) is 3.64. The number of hydrogen-bond donors (Lipinski definition) is 3. The lowest BCUT2D eigenvalue weighted by Gasteiger charge is -2.22. The molecule has 0 aliphatic carbocycles. The van der Waals surface area contributed by atoms with Gasteiger partial charge in [-0.1, -0.05) is 0 Å². The zero-order chi connectivity index (χ0) is 19.9. The standard InChI is InChI=1S/C20H27N7O2/c28-19(15-2-1-6-21-12-15)27-18-10-17(24-13-25-18)16-3-7-22-20(26-16)23-11-14-4-8-29-9-5-14/h3,7,10,13-15,21H,1-2,4-6,8-9,11-12H2,(H,22,23,26)(H,24,25,27,28). The largest absolute Gasteiger partial charge is 0.381 e. The monoisotopic (exact) mass is 397 g/mol. The highest BCUT2D eigenvalue weighted by Gasteiger charge is 2.21. The first-order valence-corrected chi connectivity index (χ1v) is 10.3. The summed E-state index contributed by atoms with van der Waals surface area (Å²) >= 11 is 0. The Kier molecular flexibility index (Phi) is 6.58. The van der Waals surface area contributed by atoms with Gasteiger partial charge in [0, 0.05) is 38.6 Å². The van der Waals surface area contributed by atoms with Gasteiger partial charge in [-0.15, -0.1) is 0 Å². The van der Waals surface area contributed by atoms with E-state index in [4.69, 9.17) is 4.74 Å². The van der Waals surface area contributed by atoms with Gasteiger partial charge in [0.15, 0.2) is 0 Å². The van der Waals surface area contributed by atoms with Crippen LogP contribution in [0.4, 0.5) is 11.8 Å². The van der Waals surface area contributed by atoms with Crippen molar-refractivity contribution >= 4 is 17.7 Å². The highest BCUT2D eigenvalue weighted by atomic mass is 16.5. The first-order valence-electron chi connectivity index (χ1n) is 10.3. The molecule has 1 unspecified atom stereocenters. The summed E-state index contributed by atoms with van der Waals surface area (Å²) in [6.07, 6.45) is 7.17. The van der Waals surface area contributed by atoms with E-state index in [2.05, 4.69) is 35.9 Å². The molecule has 9 heteroatoms. The van der Waals surface area contributed by atoms with Gasteiger partial charge in [-0.2, -0.15) is 0 Å². The van der Waals surface area contributed by atoms with Crippen molar-refractivity contribution < 1.29 is 9.53 Å². The molecule has 3 N–H and O–H groups in total. The summed E-state index contributed by atoms with van der Waals surface area (Å²) in [5, 5.41) is 9.48. The highest BCUT2D eigenvalue weighted by molar-refractivity contribution is 5.92. The quantitative estimate of drug-likeness (QED) is 0.675. The van der Waals surface area contributed by atoms with E-state index in [0.717, 1.165) is 52.0 Å². The molecule has 1 amide bonds. The maximum absolute atomic E-state index is 12.4. The van der Waals surface area contributed by atoms with Gasteiger partial charge in [0.1, 0.15) is 12.1 Å². The van der Waals surface area contributed by atoms with Crippen molar-refractivity contribution in [3.63, 3.8) is 0 Å². The summed E-state index contributed by atoms with van der Waals surface area (Å²) in [4.78, 5) is 29.8. The lowest BCUT2D eigenvalue weighted by molar-refractivity contribution is -0.120. The van der Waals surface area contributed by atoms with E-state index < -0.39 is 0 Å². The molecule has 2 saturated heterocycles. The summed E-state index contributed by atoms with van der Waals surface area (Å²) < 4.78 is 5.40. The average Bonchev–Trinajstić information content (AvgIpc) is 2.79. The first-order chi connectivity index (χ1) is 14.3. The Morgan fingerprint density at radius 3 is 2.90 bits per heavy atom. The van der Waals surface area contributed by atoms with Gasteiger partial charge >= 0.3 is 0 Å². The van der Waals surface area contributed by atoms with Crippen molar-refractivity contribution in [3.05, 3.63) is 24.7 Å². The number of ether oxygens (including phenoxy) is 1. The van der Waals surface area contributed by atoms with E-state index in [0.29, 0.717) is 35.6 Å². The SMILES string of the molecule is O=C(Nc1cc(-c2ccnc(NCC3CCOCC3)n2)ncn1)C1CCCNC1. The highest BCUT2D eigenvalue weighted by Crippen LogP contribution is 2.20. The third kappa shape index (κ3) is 5.45. The number of hydrogen-bond acceptors (Lipinski definition) is 8. The van der Waals surface area contributed by atoms with E-state index >= 15 is 0 Å². The molecule has 29 heavy (non-hydrogen) atoms. The molecule has 2 fully saturated rings. The molecule has 2 aromatic rings. The second-order valence-corrected chi connectivity index (χ2v) is 7.52. The van der Waals surface area contributed by atoms with Crippen LogP contribution in [0.5, 0.6) is 0 Å². The number of carbonyl (C=O) groups excluding carboxylic acids is 1. The molecule has 2 aromatic heterocycles. The molecule has 1 atom stereocenters. The molecular weight excluding hydrogens is 370 g/mol. The smallest absolute Gasteiger partial charge is 0.229 e. The molecule has 4 heterocycles. The molecule has 0 aromatic carbocycles. The van der Waals surface area contributed by atoms with Crippen molar-refractivity contribution in [1.29, 1.82) is 0 Å². The lowest BCUT2D eigenvalue weighted by Crippen LogP contribution is -2.37. The number of nitrogens with zero attached hydrogens (tertiary/aromatic N) is 4. The van der Waals surface area contributed by atoms with Gasteiger partial charge in [0.25, 0.3) is 0 Å². The van der Waals surface area contributed by atoms with Crippen LogP contribution in [0.25, 0.3) is 11.4 Å². The van der Waals surface area contributed by atoms with Gasteiger partial charge < -0.3 is 20.7 Å². The van der Waals surface area contributed by atoms with Crippen LogP contribution in [0.2, 0.25) is 0 Å². The molecule has 154 valence electrons. The maximum atomic E-state index is 12.4. The van der Waals surface area contributed by atoms with Crippen LogP contribution in [0.1, 0.15) is 25.7 Å². The van der Waals surface area contributed by atoms with Crippen LogP contribution in [-0.2, 0) is 9.53 Å².